The van der Waals surface area contributed by atoms with Crippen LogP contribution < -0.4 is 11.5 Å². The van der Waals surface area contributed by atoms with Gasteiger partial charge in [-0.2, -0.15) is 9.37 Å². The number of rotatable bonds is 0. The Bertz CT molecular complexity index is 469. The molecule has 1 heterocycles. The first-order chi connectivity index (χ1) is 6.18. The number of nitrogens with zero attached hydrogens (tertiary/aromatic N) is 2. The summed E-state index contributed by atoms with van der Waals surface area (Å²) >= 11 is 0. The van der Waals surface area contributed by atoms with Gasteiger partial charge in [0, 0.05) is 5.69 Å². The maximum absolute atomic E-state index is 13.2. The normalized spacial score (nSPS) is 10.5. The summed E-state index contributed by atoms with van der Waals surface area (Å²) in [7, 11) is 0. The van der Waals surface area contributed by atoms with Crippen LogP contribution in [0.3, 0.4) is 0 Å². The van der Waals surface area contributed by atoms with E-state index < -0.39 is 5.95 Å². The lowest BCUT2D eigenvalue weighted by Crippen LogP contribution is -2.00. The number of hydrogen-bond donors (Lipinski definition) is 2. The molecule has 0 saturated heterocycles. The maximum atomic E-state index is 13.2. The van der Waals surface area contributed by atoms with E-state index in [1.54, 1.807) is 18.2 Å². The fourth-order valence-corrected chi connectivity index (χ4v) is 1.18. The molecule has 2 rings (SSSR count). The van der Waals surface area contributed by atoms with Gasteiger partial charge in [0.05, 0.1) is 10.9 Å². The Kier molecular flexibility index (Phi) is 1.51. The molecule has 0 spiro atoms. The van der Waals surface area contributed by atoms with E-state index in [2.05, 4.69) is 9.97 Å². The number of nitrogen functional groups attached to an aromatic ring is 2. The molecule has 0 atom stereocenters. The minimum absolute atomic E-state index is 0.0874. The van der Waals surface area contributed by atoms with Crippen LogP contribution in [-0.4, -0.2) is 9.97 Å². The highest BCUT2D eigenvalue weighted by Crippen LogP contribution is 2.21. The van der Waals surface area contributed by atoms with Gasteiger partial charge in [-0.1, -0.05) is 6.07 Å². The minimum Gasteiger partial charge on any atom is -0.398 e. The van der Waals surface area contributed by atoms with Crippen LogP contribution in [0.25, 0.3) is 10.9 Å². The van der Waals surface area contributed by atoms with Gasteiger partial charge in [0.1, 0.15) is 0 Å². The molecule has 0 unspecified atom stereocenters. The van der Waals surface area contributed by atoms with Crippen molar-refractivity contribution in [3.63, 3.8) is 0 Å². The third-order valence-corrected chi connectivity index (χ3v) is 1.73. The molecule has 0 aliphatic heterocycles. The Morgan fingerprint density at radius 2 is 1.92 bits per heavy atom. The molecule has 13 heavy (non-hydrogen) atoms. The Morgan fingerprint density at radius 1 is 1.15 bits per heavy atom. The Morgan fingerprint density at radius 3 is 2.69 bits per heavy atom. The number of nitrogens with two attached hydrogens (primary N) is 2. The lowest BCUT2D eigenvalue weighted by Gasteiger charge is -2.01. The Labute approximate surface area is 73.4 Å². The van der Waals surface area contributed by atoms with Crippen LogP contribution >= 0.6 is 0 Å². The molecule has 66 valence electrons. The first-order valence-electron chi connectivity index (χ1n) is 3.65. The van der Waals surface area contributed by atoms with Crippen LogP contribution in [0.2, 0.25) is 0 Å². The average Bonchev–Trinajstić information content (AvgIpc) is 2.02. The molecule has 0 saturated carbocycles. The van der Waals surface area contributed by atoms with E-state index in [9.17, 15) is 4.39 Å². The van der Waals surface area contributed by atoms with E-state index in [0.29, 0.717) is 11.2 Å². The number of aromatic nitrogens is 2. The molecule has 4 nitrogen and oxygen atoms in total. The highest BCUT2D eigenvalue weighted by atomic mass is 19.1. The lowest BCUT2D eigenvalue weighted by atomic mass is 10.2. The van der Waals surface area contributed by atoms with E-state index in [4.69, 9.17) is 11.5 Å². The molecule has 0 fully saturated rings. The van der Waals surface area contributed by atoms with Crippen LogP contribution in [0, 0.1) is 5.95 Å². The Hall–Kier alpha value is -1.91. The number of halogens is 1. The number of anilines is 2. The lowest BCUT2D eigenvalue weighted by molar-refractivity contribution is 0.596. The molecule has 1 aromatic carbocycles. The van der Waals surface area contributed by atoms with Gasteiger partial charge in [0.2, 0.25) is 11.9 Å². The standard InChI is InChI=1S/C8H7FN4/c9-7-6-4(10)2-1-3-5(6)12-8(11)13-7/h1-3H,10H2,(H2,11,12,13). The SMILES string of the molecule is Nc1nc(F)c2c(N)cccc2n1. The fourth-order valence-electron chi connectivity index (χ4n) is 1.18. The van der Waals surface area contributed by atoms with E-state index in [-0.39, 0.29) is 11.3 Å². The van der Waals surface area contributed by atoms with Crippen LogP contribution in [0.1, 0.15) is 0 Å². The number of fused-ring (bicyclic) bond motifs is 1. The molecular formula is C8H7FN4. The third kappa shape index (κ3) is 1.14. The molecular weight excluding hydrogens is 171 g/mol. The van der Waals surface area contributed by atoms with E-state index in [1.807, 2.05) is 0 Å². The zero-order chi connectivity index (χ0) is 9.42. The molecule has 0 aliphatic rings. The van der Waals surface area contributed by atoms with Crippen molar-refractivity contribution in [1.82, 2.24) is 9.97 Å². The summed E-state index contributed by atoms with van der Waals surface area (Å²) in [6.45, 7) is 0. The summed E-state index contributed by atoms with van der Waals surface area (Å²) in [6.07, 6.45) is 0. The highest BCUT2D eigenvalue weighted by molar-refractivity contribution is 5.90. The molecule has 4 N–H and O–H groups in total. The molecule has 0 aliphatic carbocycles. The summed E-state index contributed by atoms with van der Waals surface area (Å²) in [5.74, 6) is -0.767. The highest BCUT2D eigenvalue weighted by Gasteiger charge is 2.07. The van der Waals surface area contributed by atoms with Gasteiger partial charge < -0.3 is 11.5 Å². The Balaban J connectivity index is 2.94. The van der Waals surface area contributed by atoms with Gasteiger partial charge in [0.25, 0.3) is 0 Å². The summed E-state index contributed by atoms with van der Waals surface area (Å²) in [4.78, 5) is 7.23. The predicted octanol–water partition coefficient (Wildman–Crippen LogP) is 0.933. The summed E-state index contributed by atoms with van der Waals surface area (Å²) in [6, 6.07) is 4.90. The van der Waals surface area contributed by atoms with Crippen molar-refractivity contribution in [2.45, 2.75) is 0 Å². The van der Waals surface area contributed by atoms with E-state index in [0.717, 1.165) is 0 Å². The molecule has 0 amide bonds. The largest absolute Gasteiger partial charge is 0.398 e. The maximum Gasteiger partial charge on any atom is 0.227 e. The van der Waals surface area contributed by atoms with Crippen molar-refractivity contribution in [1.29, 1.82) is 0 Å². The monoisotopic (exact) mass is 178 g/mol. The van der Waals surface area contributed by atoms with Crippen molar-refractivity contribution >= 4 is 22.5 Å². The van der Waals surface area contributed by atoms with Gasteiger partial charge in [-0.3, -0.25) is 0 Å². The molecule has 2 aromatic rings. The first-order valence-corrected chi connectivity index (χ1v) is 3.65. The fraction of sp³-hybridized carbons (Fsp3) is 0. The molecule has 0 bridgehead atoms. The van der Waals surface area contributed by atoms with Crippen molar-refractivity contribution in [3.05, 3.63) is 24.1 Å². The van der Waals surface area contributed by atoms with E-state index in [1.165, 1.54) is 0 Å². The smallest absolute Gasteiger partial charge is 0.227 e. The van der Waals surface area contributed by atoms with Crippen LogP contribution in [0.5, 0.6) is 0 Å². The third-order valence-electron chi connectivity index (χ3n) is 1.73. The van der Waals surface area contributed by atoms with Gasteiger partial charge in [-0.25, -0.2) is 4.98 Å². The molecule has 5 heteroatoms. The summed E-state index contributed by atoms with van der Waals surface area (Å²) < 4.78 is 13.2. The topological polar surface area (TPSA) is 77.8 Å². The zero-order valence-electron chi connectivity index (χ0n) is 6.66. The second-order valence-electron chi connectivity index (χ2n) is 2.61. The van der Waals surface area contributed by atoms with Gasteiger partial charge >= 0.3 is 0 Å². The van der Waals surface area contributed by atoms with Crippen molar-refractivity contribution in [2.75, 3.05) is 11.5 Å². The molecule has 1 aromatic heterocycles. The van der Waals surface area contributed by atoms with Gasteiger partial charge in [-0.15, -0.1) is 0 Å². The predicted molar refractivity (Wildman–Crippen MR) is 48.3 cm³/mol. The van der Waals surface area contributed by atoms with Gasteiger partial charge in [-0.05, 0) is 12.1 Å². The average molecular weight is 178 g/mol. The van der Waals surface area contributed by atoms with Crippen LogP contribution in [0.4, 0.5) is 16.0 Å². The summed E-state index contributed by atoms with van der Waals surface area (Å²) in [5.41, 5.74) is 11.6. The quantitative estimate of drug-likeness (QED) is 0.464. The van der Waals surface area contributed by atoms with Crippen LogP contribution in [-0.2, 0) is 0 Å². The van der Waals surface area contributed by atoms with Crippen molar-refractivity contribution < 1.29 is 4.39 Å². The van der Waals surface area contributed by atoms with Gasteiger partial charge in [0.15, 0.2) is 0 Å². The minimum atomic E-state index is -0.680. The first kappa shape index (κ1) is 7.72. The van der Waals surface area contributed by atoms with Crippen molar-refractivity contribution in [2.24, 2.45) is 0 Å². The number of hydrogen-bond acceptors (Lipinski definition) is 4. The second-order valence-corrected chi connectivity index (χ2v) is 2.61. The number of benzene rings is 1. The summed E-state index contributed by atoms with van der Waals surface area (Å²) in [5, 5.41) is 0.219. The zero-order valence-corrected chi connectivity index (χ0v) is 6.66. The molecule has 0 radical (unpaired) electrons. The van der Waals surface area contributed by atoms with E-state index >= 15 is 0 Å². The van der Waals surface area contributed by atoms with Crippen LogP contribution in [0.15, 0.2) is 18.2 Å². The van der Waals surface area contributed by atoms with Crippen molar-refractivity contribution in [3.8, 4) is 0 Å². The second kappa shape index (κ2) is 2.55.